The van der Waals surface area contributed by atoms with Crippen molar-refractivity contribution in [2.24, 2.45) is 0 Å². The highest BCUT2D eigenvalue weighted by Gasteiger charge is 2.30. The first-order valence-electron chi connectivity index (χ1n) is 7.90. The Labute approximate surface area is 151 Å². The standard InChI is InChI=1S/C18H12F3N5O/c19-18(20,21)13-3-1-12(2-4-13)17-25-14(11-27-17)10-26-8-7-24-16(26)15-9-22-5-6-23-15/h1-9,11H,10H2. The SMILES string of the molecule is FC(F)(F)c1ccc(-c2nc(Cn3ccnc3-c3cnccn3)co2)cc1. The van der Waals surface area contributed by atoms with Crippen molar-refractivity contribution in [2.75, 3.05) is 0 Å². The summed E-state index contributed by atoms with van der Waals surface area (Å²) in [4.78, 5) is 16.9. The van der Waals surface area contributed by atoms with Gasteiger partial charge in [-0.2, -0.15) is 13.2 Å². The minimum absolute atomic E-state index is 0.250. The second kappa shape index (κ2) is 6.67. The van der Waals surface area contributed by atoms with Gasteiger partial charge < -0.3 is 8.98 Å². The molecule has 9 heteroatoms. The second-order valence-electron chi connectivity index (χ2n) is 5.69. The predicted molar refractivity (Wildman–Crippen MR) is 89.3 cm³/mol. The molecule has 0 fully saturated rings. The molecule has 27 heavy (non-hydrogen) atoms. The van der Waals surface area contributed by atoms with Crippen molar-refractivity contribution < 1.29 is 17.6 Å². The van der Waals surface area contributed by atoms with Crippen LogP contribution in [0.2, 0.25) is 0 Å². The minimum atomic E-state index is -4.38. The van der Waals surface area contributed by atoms with Gasteiger partial charge >= 0.3 is 6.18 Å². The third kappa shape index (κ3) is 3.57. The van der Waals surface area contributed by atoms with Crippen molar-refractivity contribution >= 4 is 0 Å². The molecule has 136 valence electrons. The number of imidazole rings is 1. The molecule has 0 aliphatic carbocycles. The van der Waals surface area contributed by atoms with Crippen LogP contribution in [0, 0.1) is 0 Å². The molecule has 0 N–H and O–H groups in total. The fraction of sp³-hybridized carbons (Fsp3) is 0.111. The van der Waals surface area contributed by atoms with Crippen molar-refractivity contribution in [3.63, 3.8) is 0 Å². The average Bonchev–Trinajstić information content (AvgIpc) is 3.32. The average molecular weight is 371 g/mol. The molecule has 0 bridgehead atoms. The fourth-order valence-corrected chi connectivity index (χ4v) is 2.57. The summed E-state index contributed by atoms with van der Waals surface area (Å²) in [5, 5.41) is 0. The van der Waals surface area contributed by atoms with Crippen molar-refractivity contribution in [3.8, 4) is 23.0 Å². The molecule has 0 saturated heterocycles. The number of alkyl halides is 3. The monoisotopic (exact) mass is 371 g/mol. The summed E-state index contributed by atoms with van der Waals surface area (Å²) in [6.07, 6.45) is 5.26. The maximum absolute atomic E-state index is 12.7. The summed E-state index contributed by atoms with van der Waals surface area (Å²) < 4.78 is 45.2. The number of nitrogens with zero attached hydrogens (tertiary/aromatic N) is 5. The summed E-state index contributed by atoms with van der Waals surface area (Å²) in [5.74, 6) is 0.877. The molecule has 0 aliphatic heterocycles. The third-order valence-corrected chi connectivity index (χ3v) is 3.85. The Bertz CT molecular complexity index is 1040. The Hall–Kier alpha value is -3.49. The minimum Gasteiger partial charge on any atom is -0.444 e. The fourth-order valence-electron chi connectivity index (χ4n) is 2.57. The number of hydrogen-bond donors (Lipinski definition) is 0. The topological polar surface area (TPSA) is 69.6 Å². The molecular formula is C18H12F3N5O. The summed E-state index contributed by atoms with van der Waals surface area (Å²) in [6, 6.07) is 4.67. The quantitative estimate of drug-likeness (QED) is 0.541. The molecule has 4 rings (SSSR count). The lowest BCUT2D eigenvalue weighted by Crippen LogP contribution is -2.04. The number of hydrogen-bond acceptors (Lipinski definition) is 5. The molecule has 0 aliphatic rings. The molecule has 0 atom stereocenters. The molecule has 0 spiro atoms. The lowest BCUT2D eigenvalue weighted by molar-refractivity contribution is -0.137. The highest BCUT2D eigenvalue weighted by molar-refractivity contribution is 5.54. The Morgan fingerprint density at radius 3 is 2.52 bits per heavy atom. The van der Waals surface area contributed by atoms with E-state index in [1.165, 1.54) is 18.4 Å². The predicted octanol–water partition coefficient (Wildman–Crippen LogP) is 4.06. The zero-order valence-electron chi connectivity index (χ0n) is 13.8. The smallest absolute Gasteiger partial charge is 0.416 e. The van der Waals surface area contributed by atoms with Gasteiger partial charge in [0.2, 0.25) is 5.89 Å². The van der Waals surface area contributed by atoms with Crippen molar-refractivity contribution in [1.82, 2.24) is 24.5 Å². The molecule has 1 aromatic carbocycles. The Balaban J connectivity index is 1.55. The molecule has 4 aromatic rings. The van der Waals surface area contributed by atoms with E-state index < -0.39 is 11.7 Å². The van der Waals surface area contributed by atoms with Gasteiger partial charge in [-0.1, -0.05) is 0 Å². The van der Waals surface area contributed by atoms with E-state index in [1.54, 1.807) is 31.0 Å². The molecule has 3 heterocycles. The molecular weight excluding hydrogens is 359 g/mol. The van der Waals surface area contributed by atoms with Crippen molar-refractivity contribution in [3.05, 3.63) is 72.8 Å². The van der Waals surface area contributed by atoms with Gasteiger partial charge in [-0.15, -0.1) is 0 Å². The van der Waals surface area contributed by atoms with Crippen LogP contribution in [0.4, 0.5) is 13.2 Å². The normalized spacial score (nSPS) is 11.7. The summed E-state index contributed by atoms with van der Waals surface area (Å²) in [5.41, 5.74) is 0.973. The second-order valence-corrected chi connectivity index (χ2v) is 5.69. The van der Waals surface area contributed by atoms with E-state index in [0.717, 1.165) is 12.1 Å². The van der Waals surface area contributed by atoms with E-state index >= 15 is 0 Å². The first kappa shape index (κ1) is 17.0. The summed E-state index contributed by atoms with van der Waals surface area (Å²) in [6.45, 7) is 0.371. The molecule has 0 amide bonds. The summed E-state index contributed by atoms with van der Waals surface area (Å²) >= 11 is 0. The number of aromatic nitrogens is 5. The number of oxazole rings is 1. The Morgan fingerprint density at radius 1 is 1.00 bits per heavy atom. The zero-order chi connectivity index (χ0) is 18.9. The van der Waals surface area contributed by atoms with E-state index in [0.29, 0.717) is 29.3 Å². The van der Waals surface area contributed by atoms with Gasteiger partial charge in [0.15, 0.2) is 5.82 Å². The van der Waals surface area contributed by atoms with E-state index in [2.05, 4.69) is 19.9 Å². The first-order chi connectivity index (χ1) is 13.0. The number of rotatable bonds is 4. The lowest BCUT2D eigenvalue weighted by atomic mass is 10.1. The molecule has 0 saturated carbocycles. The van der Waals surface area contributed by atoms with E-state index in [-0.39, 0.29) is 5.89 Å². The Kier molecular flexibility index (Phi) is 4.19. The maximum atomic E-state index is 12.7. The van der Waals surface area contributed by atoms with Gasteiger partial charge in [-0.25, -0.2) is 15.0 Å². The van der Waals surface area contributed by atoms with E-state index in [1.807, 2.05) is 4.57 Å². The highest BCUT2D eigenvalue weighted by Crippen LogP contribution is 2.30. The maximum Gasteiger partial charge on any atom is 0.416 e. The van der Waals surface area contributed by atoms with Crippen LogP contribution >= 0.6 is 0 Å². The van der Waals surface area contributed by atoms with Gasteiger partial charge in [0, 0.05) is 30.4 Å². The largest absolute Gasteiger partial charge is 0.444 e. The molecule has 0 radical (unpaired) electrons. The van der Waals surface area contributed by atoms with Gasteiger partial charge in [0.1, 0.15) is 12.0 Å². The van der Waals surface area contributed by atoms with Crippen LogP contribution < -0.4 is 0 Å². The first-order valence-corrected chi connectivity index (χ1v) is 7.90. The Morgan fingerprint density at radius 2 is 1.81 bits per heavy atom. The number of halogens is 3. The van der Waals surface area contributed by atoms with Crippen molar-refractivity contribution in [2.45, 2.75) is 12.7 Å². The van der Waals surface area contributed by atoms with Gasteiger partial charge in [0.25, 0.3) is 0 Å². The zero-order valence-corrected chi connectivity index (χ0v) is 13.8. The van der Waals surface area contributed by atoms with Crippen molar-refractivity contribution in [1.29, 1.82) is 0 Å². The molecule has 3 aromatic heterocycles. The van der Waals surface area contributed by atoms with Crippen LogP contribution in [-0.2, 0) is 12.7 Å². The van der Waals surface area contributed by atoms with Crippen LogP contribution in [0.25, 0.3) is 23.0 Å². The highest BCUT2D eigenvalue weighted by atomic mass is 19.4. The molecule has 0 unspecified atom stereocenters. The van der Waals surface area contributed by atoms with Gasteiger partial charge in [0.05, 0.1) is 24.0 Å². The van der Waals surface area contributed by atoms with Crippen LogP contribution in [0.3, 0.4) is 0 Å². The lowest BCUT2D eigenvalue weighted by Gasteiger charge is -2.06. The van der Waals surface area contributed by atoms with Gasteiger partial charge in [-0.3, -0.25) is 4.98 Å². The number of benzene rings is 1. The van der Waals surface area contributed by atoms with Crippen LogP contribution in [0.15, 0.2) is 65.9 Å². The third-order valence-electron chi connectivity index (χ3n) is 3.85. The van der Waals surface area contributed by atoms with Crippen LogP contribution in [-0.4, -0.2) is 24.5 Å². The summed E-state index contributed by atoms with van der Waals surface area (Å²) in [7, 11) is 0. The van der Waals surface area contributed by atoms with Crippen LogP contribution in [0.5, 0.6) is 0 Å². The van der Waals surface area contributed by atoms with Crippen LogP contribution in [0.1, 0.15) is 11.3 Å². The van der Waals surface area contributed by atoms with E-state index in [4.69, 9.17) is 4.42 Å². The molecule has 6 nitrogen and oxygen atoms in total. The van der Waals surface area contributed by atoms with Gasteiger partial charge in [-0.05, 0) is 24.3 Å². The van der Waals surface area contributed by atoms with E-state index in [9.17, 15) is 13.2 Å².